The molecular formula is C22H19Cl2N5O3. The number of fused-ring (bicyclic) bond motifs is 1. The van der Waals surface area contributed by atoms with Crippen LogP contribution in [0.2, 0.25) is 10.0 Å². The molecular weight excluding hydrogens is 453 g/mol. The zero-order valence-corrected chi connectivity index (χ0v) is 18.5. The Morgan fingerprint density at radius 3 is 2.78 bits per heavy atom. The number of nitrogens with one attached hydrogen (secondary N) is 1. The van der Waals surface area contributed by atoms with Gasteiger partial charge in [-0.25, -0.2) is 14.8 Å². The molecule has 10 heteroatoms. The summed E-state index contributed by atoms with van der Waals surface area (Å²) in [5.74, 6) is 1.66. The summed E-state index contributed by atoms with van der Waals surface area (Å²) < 4.78 is 7.73. The SMILES string of the molecule is CN(CCn1ccc2ncnc(Nc3ccc(Oc4cccc(Cl)c4)c(Cl)c3)c21)C(=O)O. The van der Waals surface area contributed by atoms with Gasteiger partial charge in [-0.05, 0) is 42.5 Å². The number of amides is 1. The van der Waals surface area contributed by atoms with E-state index in [1.54, 1.807) is 36.4 Å². The highest BCUT2D eigenvalue weighted by Gasteiger charge is 2.13. The maximum absolute atomic E-state index is 11.1. The molecule has 0 saturated carbocycles. The number of aromatic nitrogens is 3. The molecule has 0 aliphatic rings. The molecule has 0 atom stereocenters. The zero-order chi connectivity index (χ0) is 22.7. The number of rotatable bonds is 7. The molecule has 32 heavy (non-hydrogen) atoms. The summed E-state index contributed by atoms with van der Waals surface area (Å²) in [7, 11) is 1.53. The Hall–Kier alpha value is -3.49. The highest BCUT2D eigenvalue weighted by molar-refractivity contribution is 6.32. The van der Waals surface area contributed by atoms with Crippen molar-refractivity contribution in [1.29, 1.82) is 0 Å². The topological polar surface area (TPSA) is 92.5 Å². The van der Waals surface area contributed by atoms with Gasteiger partial charge in [-0.2, -0.15) is 0 Å². The molecule has 8 nitrogen and oxygen atoms in total. The second-order valence-electron chi connectivity index (χ2n) is 7.00. The maximum Gasteiger partial charge on any atom is 0.407 e. The molecule has 0 radical (unpaired) electrons. The van der Waals surface area contributed by atoms with Crippen molar-refractivity contribution in [3.8, 4) is 11.5 Å². The number of hydrogen-bond acceptors (Lipinski definition) is 5. The summed E-state index contributed by atoms with van der Waals surface area (Å²) in [4.78, 5) is 21.0. The number of anilines is 2. The van der Waals surface area contributed by atoms with Crippen molar-refractivity contribution in [2.24, 2.45) is 0 Å². The van der Waals surface area contributed by atoms with E-state index in [9.17, 15) is 4.79 Å². The van der Waals surface area contributed by atoms with Gasteiger partial charge in [0.1, 0.15) is 23.3 Å². The van der Waals surface area contributed by atoms with Crippen molar-refractivity contribution in [2.45, 2.75) is 6.54 Å². The van der Waals surface area contributed by atoms with Gasteiger partial charge in [0.25, 0.3) is 0 Å². The lowest BCUT2D eigenvalue weighted by Crippen LogP contribution is -2.28. The predicted octanol–water partition coefficient (Wildman–Crippen LogP) is 5.88. The monoisotopic (exact) mass is 471 g/mol. The summed E-state index contributed by atoms with van der Waals surface area (Å²) in [6.45, 7) is 0.788. The lowest BCUT2D eigenvalue weighted by molar-refractivity contribution is 0.154. The van der Waals surface area contributed by atoms with Gasteiger partial charge in [0.2, 0.25) is 0 Å². The molecule has 2 heterocycles. The molecule has 1 amide bonds. The van der Waals surface area contributed by atoms with Crippen LogP contribution in [0.1, 0.15) is 0 Å². The Morgan fingerprint density at radius 2 is 2.03 bits per heavy atom. The van der Waals surface area contributed by atoms with Crippen molar-refractivity contribution in [1.82, 2.24) is 19.4 Å². The first-order valence-electron chi connectivity index (χ1n) is 9.64. The molecule has 2 aromatic carbocycles. The van der Waals surface area contributed by atoms with E-state index in [4.69, 9.17) is 33.0 Å². The smallest absolute Gasteiger partial charge is 0.407 e. The Balaban J connectivity index is 1.56. The molecule has 2 N–H and O–H groups in total. The van der Waals surface area contributed by atoms with E-state index in [-0.39, 0.29) is 0 Å². The van der Waals surface area contributed by atoms with Crippen LogP contribution in [0, 0.1) is 0 Å². The van der Waals surface area contributed by atoms with Crippen molar-refractivity contribution in [3.05, 3.63) is 71.1 Å². The second kappa shape index (κ2) is 9.33. The van der Waals surface area contributed by atoms with Gasteiger partial charge in [0.05, 0.1) is 10.5 Å². The Morgan fingerprint density at radius 1 is 1.19 bits per heavy atom. The molecule has 0 saturated heterocycles. The van der Waals surface area contributed by atoms with E-state index in [0.717, 1.165) is 11.0 Å². The van der Waals surface area contributed by atoms with Gasteiger partial charge in [0.15, 0.2) is 5.82 Å². The molecule has 0 aliphatic carbocycles. The van der Waals surface area contributed by atoms with E-state index < -0.39 is 6.09 Å². The molecule has 0 spiro atoms. The lowest BCUT2D eigenvalue weighted by Gasteiger charge is -2.15. The summed E-state index contributed by atoms with van der Waals surface area (Å²) >= 11 is 12.4. The van der Waals surface area contributed by atoms with Crippen molar-refractivity contribution in [2.75, 3.05) is 18.9 Å². The van der Waals surface area contributed by atoms with E-state index in [2.05, 4.69) is 15.3 Å². The Bertz CT molecular complexity index is 1280. The third-order valence-electron chi connectivity index (χ3n) is 4.77. The summed E-state index contributed by atoms with van der Waals surface area (Å²) in [5, 5.41) is 13.3. The zero-order valence-electron chi connectivity index (χ0n) is 17.0. The lowest BCUT2D eigenvalue weighted by atomic mass is 10.3. The Labute approximate surface area is 194 Å². The predicted molar refractivity (Wildman–Crippen MR) is 124 cm³/mol. The van der Waals surface area contributed by atoms with Crippen LogP contribution in [0.5, 0.6) is 11.5 Å². The van der Waals surface area contributed by atoms with Gasteiger partial charge in [0, 0.05) is 37.0 Å². The molecule has 4 aromatic rings. The summed E-state index contributed by atoms with van der Waals surface area (Å²) in [6.07, 6.45) is 2.34. The van der Waals surface area contributed by atoms with Crippen LogP contribution in [0.3, 0.4) is 0 Å². The first kappa shape index (κ1) is 21.7. The fraction of sp³-hybridized carbons (Fsp3) is 0.136. The average Bonchev–Trinajstić information content (AvgIpc) is 3.18. The maximum atomic E-state index is 11.1. The third-order valence-corrected chi connectivity index (χ3v) is 5.30. The fourth-order valence-corrected chi connectivity index (χ4v) is 3.52. The van der Waals surface area contributed by atoms with Crippen LogP contribution < -0.4 is 10.1 Å². The number of halogens is 2. The molecule has 0 aliphatic heterocycles. The van der Waals surface area contributed by atoms with Crippen LogP contribution in [-0.4, -0.2) is 44.2 Å². The minimum Gasteiger partial charge on any atom is -0.465 e. The fourth-order valence-electron chi connectivity index (χ4n) is 3.12. The number of likely N-dealkylation sites (N-methyl/N-ethyl adjacent to an activating group) is 1. The third kappa shape index (κ3) is 4.87. The molecule has 2 aromatic heterocycles. The number of carboxylic acid groups (broad SMARTS) is 1. The number of nitrogens with zero attached hydrogens (tertiary/aromatic N) is 4. The standard InChI is InChI=1S/C22H19Cl2N5O3/c1-28(22(30)31)9-10-29-8-7-18-20(29)21(26-13-25-18)27-15-5-6-19(17(24)12-15)32-16-4-2-3-14(23)11-16/h2-8,11-13H,9-10H2,1H3,(H,30,31)(H,25,26,27). The molecule has 0 bridgehead atoms. The number of ether oxygens (including phenoxy) is 1. The van der Waals surface area contributed by atoms with Gasteiger partial charge in [-0.3, -0.25) is 0 Å². The largest absolute Gasteiger partial charge is 0.465 e. The van der Waals surface area contributed by atoms with Crippen molar-refractivity contribution < 1.29 is 14.6 Å². The van der Waals surface area contributed by atoms with Gasteiger partial charge in [-0.1, -0.05) is 29.3 Å². The van der Waals surface area contributed by atoms with Gasteiger partial charge >= 0.3 is 6.09 Å². The highest BCUT2D eigenvalue weighted by atomic mass is 35.5. The van der Waals surface area contributed by atoms with Crippen LogP contribution in [0.4, 0.5) is 16.3 Å². The second-order valence-corrected chi connectivity index (χ2v) is 7.84. The first-order chi connectivity index (χ1) is 15.4. The van der Waals surface area contributed by atoms with E-state index >= 15 is 0 Å². The van der Waals surface area contributed by atoms with Crippen LogP contribution in [0.15, 0.2) is 61.1 Å². The number of benzene rings is 2. The first-order valence-corrected chi connectivity index (χ1v) is 10.4. The van der Waals surface area contributed by atoms with Crippen LogP contribution >= 0.6 is 23.2 Å². The highest BCUT2D eigenvalue weighted by Crippen LogP contribution is 2.34. The minimum atomic E-state index is -0.981. The van der Waals surface area contributed by atoms with Gasteiger partial charge < -0.3 is 24.6 Å². The normalized spacial score (nSPS) is 10.8. The summed E-state index contributed by atoms with van der Waals surface area (Å²) in [5.41, 5.74) is 2.22. The van der Waals surface area contributed by atoms with Crippen molar-refractivity contribution in [3.63, 3.8) is 0 Å². The number of hydrogen-bond donors (Lipinski definition) is 2. The number of carbonyl (C=O) groups is 1. The molecule has 0 unspecified atom stereocenters. The van der Waals surface area contributed by atoms with E-state index in [1.807, 2.05) is 22.9 Å². The van der Waals surface area contributed by atoms with Crippen LogP contribution in [-0.2, 0) is 6.54 Å². The van der Waals surface area contributed by atoms with Crippen LogP contribution in [0.25, 0.3) is 11.0 Å². The summed E-state index contributed by atoms with van der Waals surface area (Å²) in [6, 6.07) is 14.2. The minimum absolute atomic E-state index is 0.328. The van der Waals surface area contributed by atoms with E-state index in [0.29, 0.717) is 46.1 Å². The van der Waals surface area contributed by atoms with E-state index in [1.165, 1.54) is 18.3 Å². The Kier molecular flexibility index (Phi) is 6.34. The molecule has 164 valence electrons. The molecule has 0 fully saturated rings. The average molecular weight is 472 g/mol. The van der Waals surface area contributed by atoms with Crippen molar-refractivity contribution >= 4 is 51.8 Å². The molecule has 4 rings (SSSR count). The quantitative estimate of drug-likeness (QED) is 0.349. The van der Waals surface area contributed by atoms with Gasteiger partial charge in [-0.15, -0.1) is 0 Å².